The highest BCUT2D eigenvalue weighted by Gasteiger charge is 2.11. The second-order valence-corrected chi connectivity index (χ2v) is 13.0. The largest absolute Gasteiger partial charge is 0.495 e. The van der Waals surface area contributed by atoms with Crippen molar-refractivity contribution in [3.05, 3.63) is 12.3 Å². The smallest absolute Gasteiger partial charge is 0.0982 e. The normalized spacial score (nSPS) is 11.7. The fourth-order valence-electron chi connectivity index (χ4n) is 5.98. The molecule has 0 spiro atoms. The maximum absolute atomic E-state index is 6.47. The maximum Gasteiger partial charge on any atom is 0.0982 e. The fraction of sp³-hybridized carbons (Fsp3) is 0.947. The zero-order valence-corrected chi connectivity index (χ0v) is 29.1. The second kappa shape index (κ2) is 34.0. The van der Waals surface area contributed by atoms with Crippen molar-refractivity contribution in [2.45, 2.75) is 200 Å². The summed E-state index contributed by atoms with van der Waals surface area (Å²) in [6.45, 7) is 16.2. The van der Waals surface area contributed by atoms with Crippen molar-refractivity contribution in [3.63, 3.8) is 0 Å². The lowest BCUT2D eigenvalue weighted by Gasteiger charge is -2.22. The summed E-state index contributed by atoms with van der Waals surface area (Å²) < 4.78 is 6.47. The Hall–Kier alpha value is -0.540. The van der Waals surface area contributed by atoms with Crippen LogP contribution < -0.4 is 5.32 Å². The summed E-state index contributed by atoms with van der Waals surface area (Å²) >= 11 is 0. The van der Waals surface area contributed by atoms with E-state index in [4.69, 9.17) is 4.74 Å². The molecule has 0 unspecified atom stereocenters. The topological polar surface area (TPSA) is 24.5 Å². The molecule has 3 heteroatoms. The Kier molecular flexibility index (Phi) is 33.5. The highest BCUT2D eigenvalue weighted by Crippen LogP contribution is 2.21. The third-order valence-electron chi connectivity index (χ3n) is 8.75. The molecule has 0 bridgehead atoms. The molecule has 0 radical (unpaired) electrons. The predicted octanol–water partition coefficient (Wildman–Crippen LogP) is 12.0. The molecular formula is C38H78N2O. The van der Waals surface area contributed by atoms with Crippen molar-refractivity contribution in [1.29, 1.82) is 0 Å². The quantitative estimate of drug-likeness (QED) is 0.0598. The van der Waals surface area contributed by atoms with Crippen molar-refractivity contribution < 1.29 is 4.74 Å². The molecular weight excluding hydrogens is 500 g/mol. The van der Waals surface area contributed by atoms with Crippen LogP contribution in [-0.2, 0) is 4.74 Å². The lowest BCUT2D eigenvalue weighted by Crippen LogP contribution is -2.29. The molecule has 41 heavy (non-hydrogen) atoms. The third-order valence-corrected chi connectivity index (χ3v) is 8.75. The molecule has 0 aliphatic rings. The monoisotopic (exact) mass is 579 g/mol. The van der Waals surface area contributed by atoms with Crippen molar-refractivity contribution in [3.8, 4) is 0 Å². The Morgan fingerprint density at radius 1 is 0.537 bits per heavy atom. The second-order valence-electron chi connectivity index (χ2n) is 13.0. The van der Waals surface area contributed by atoms with Gasteiger partial charge < -0.3 is 15.0 Å². The van der Waals surface area contributed by atoms with Crippen LogP contribution in [0.4, 0.5) is 0 Å². The van der Waals surface area contributed by atoms with Crippen LogP contribution in [0.5, 0.6) is 0 Å². The van der Waals surface area contributed by atoms with Gasteiger partial charge >= 0.3 is 0 Å². The Morgan fingerprint density at radius 3 is 1.39 bits per heavy atom. The molecule has 0 heterocycles. The number of unbranched alkanes of at least 4 members (excludes halogenated alkanes) is 19. The van der Waals surface area contributed by atoms with Crippen molar-refractivity contribution in [1.82, 2.24) is 10.2 Å². The molecule has 0 rings (SSSR count). The first-order chi connectivity index (χ1) is 20.2. The van der Waals surface area contributed by atoms with E-state index in [0.717, 1.165) is 18.7 Å². The molecule has 0 aliphatic heterocycles. The number of nitrogens with zero attached hydrogens (tertiary/aromatic N) is 1. The molecule has 0 aromatic carbocycles. The van der Waals surface area contributed by atoms with E-state index in [0.29, 0.717) is 6.10 Å². The van der Waals surface area contributed by atoms with Gasteiger partial charge in [0.15, 0.2) is 0 Å². The van der Waals surface area contributed by atoms with E-state index in [-0.39, 0.29) is 0 Å². The molecule has 0 saturated carbocycles. The van der Waals surface area contributed by atoms with Gasteiger partial charge in [-0.25, -0.2) is 0 Å². The summed E-state index contributed by atoms with van der Waals surface area (Å²) in [5, 5.41) is 3.32. The average Bonchev–Trinajstić information content (AvgIpc) is 2.97. The Morgan fingerprint density at radius 2 is 0.927 bits per heavy atom. The molecule has 0 aromatic heterocycles. The van der Waals surface area contributed by atoms with Gasteiger partial charge in [0.1, 0.15) is 0 Å². The summed E-state index contributed by atoms with van der Waals surface area (Å²) in [5.74, 6) is 1.06. The van der Waals surface area contributed by atoms with Gasteiger partial charge in [0.2, 0.25) is 0 Å². The Labute approximate surface area is 260 Å². The van der Waals surface area contributed by atoms with Crippen LogP contribution in [-0.4, -0.2) is 44.2 Å². The molecule has 0 saturated heterocycles. The van der Waals surface area contributed by atoms with Crippen LogP contribution in [0.15, 0.2) is 12.3 Å². The van der Waals surface area contributed by atoms with Gasteiger partial charge in [0, 0.05) is 6.42 Å². The first kappa shape index (κ1) is 40.5. The van der Waals surface area contributed by atoms with Crippen molar-refractivity contribution >= 4 is 0 Å². The summed E-state index contributed by atoms with van der Waals surface area (Å²) in [5.41, 5.74) is 0. The van der Waals surface area contributed by atoms with E-state index in [1.54, 1.807) is 0 Å². The number of allylic oxidation sites excluding steroid dienone is 1. The van der Waals surface area contributed by atoms with Crippen LogP contribution in [0.25, 0.3) is 0 Å². The van der Waals surface area contributed by atoms with Crippen molar-refractivity contribution in [2.75, 3.05) is 33.2 Å². The van der Waals surface area contributed by atoms with Gasteiger partial charge in [0.05, 0.1) is 11.9 Å². The average molecular weight is 579 g/mol. The number of hydrogen-bond acceptors (Lipinski definition) is 3. The highest BCUT2D eigenvalue weighted by molar-refractivity contribution is 4.84. The molecule has 0 amide bonds. The van der Waals surface area contributed by atoms with Crippen LogP contribution in [0, 0.1) is 0 Å². The van der Waals surface area contributed by atoms with Gasteiger partial charge in [0.25, 0.3) is 0 Å². The zero-order valence-electron chi connectivity index (χ0n) is 29.1. The number of nitrogens with one attached hydrogen (secondary N) is 1. The van der Waals surface area contributed by atoms with Gasteiger partial charge in [-0.2, -0.15) is 0 Å². The molecule has 0 aliphatic carbocycles. The van der Waals surface area contributed by atoms with E-state index in [1.165, 1.54) is 187 Å². The summed E-state index contributed by atoms with van der Waals surface area (Å²) in [7, 11) is 2.07. The standard InChI is InChI=1S/C38H78N2O/c1-6-9-12-15-20-25-31-38(32-26-21-16-13-10-7-2)41-37(4)30-24-19-18-23-28-35-40(36-29-33-39-5)34-27-22-17-14-11-8-3/h38-39H,4,6-36H2,1-3,5H3. The zero-order chi connectivity index (χ0) is 30.1. The predicted molar refractivity (Wildman–Crippen MR) is 186 cm³/mol. The molecule has 0 atom stereocenters. The Balaban J connectivity index is 4.14. The van der Waals surface area contributed by atoms with Crippen LogP contribution in [0.2, 0.25) is 0 Å². The van der Waals surface area contributed by atoms with E-state index < -0.39 is 0 Å². The van der Waals surface area contributed by atoms with Crippen LogP contribution in [0.3, 0.4) is 0 Å². The van der Waals surface area contributed by atoms with Gasteiger partial charge in [-0.3, -0.25) is 0 Å². The van der Waals surface area contributed by atoms with Crippen LogP contribution >= 0.6 is 0 Å². The molecule has 0 fully saturated rings. The SMILES string of the molecule is C=C(CCCCCCCN(CCCCCCCC)CCCNC)OC(CCCCCCCC)CCCCCCCC. The van der Waals surface area contributed by atoms with E-state index in [1.807, 2.05) is 0 Å². The summed E-state index contributed by atoms with van der Waals surface area (Å²) in [4.78, 5) is 2.74. The minimum absolute atomic E-state index is 0.403. The first-order valence-corrected chi connectivity index (χ1v) is 18.9. The van der Waals surface area contributed by atoms with E-state index in [9.17, 15) is 0 Å². The minimum atomic E-state index is 0.403. The molecule has 1 N–H and O–H groups in total. The first-order valence-electron chi connectivity index (χ1n) is 18.9. The maximum atomic E-state index is 6.47. The van der Waals surface area contributed by atoms with Crippen molar-refractivity contribution in [2.24, 2.45) is 0 Å². The lowest BCUT2D eigenvalue weighted by molar-refractivity contribution is 0.0895. The molecule has 0 aromatic rings. The Bertz CT molecular complexity index is 493. The van der Waals surface area contributed by atoms with Crippen LogP contribution in [0.1, 0.15) is 194 Å². The highest BCUT2D eigenvalue weighted by atomic mass is 16.5. The van der Waals surface area contributed by atoms with E-state index >= 15 is 0 Å². The molecule has 3 nitrogen and oxygen atoms in total. The summed E-state index contributed by atoms with van der Waals surface area (Å²) in [6.07, 6.45) is 36.6. The van der Waals surface area contributed by atoms with Gasteiger partial charge in [-0.05, 0) is 84.6 Å². The fourth-order valence-corrected chi connectivity index (χ4v) is 5.98. The number of rotatable bonds is 35. The lowest BCUT2D eigenvalue weighted by atomic mass is 10.0. The number of hydrogen-bond donors (Lipinski definition) is 1. The van der Waals surface area contributed by atoms with Gasteiger partial charge in [-0.1, -0.05) is 143 Å². The van der Waals surface area contributed by atoms with E-state index in [2.05, 4.69) is 44.6 Å². The summed E-state index contributed by atoms with van der Waals surface area (Å²) in [6, 6.07) is 0. The third kappa shape index (κ3) is 30.7. The molecule has 246 valence electrons. The van der Waals surface area contributed by atoms with Gasteiger partial charge in [-0.15, -0.1) is 0 Å². The number of ether oxygens (including phenoxy) is 1. The minimum Gasteiger partial charge on any atom is -0.495 e.